The van der Waals surface area contributed by atoms with E-state index in [-0.39, 0.29) is 5.75 Å². The maximum Gasteiger partial charge on any atom is 0.211 e. The van der Waals surface area contributed by atoms with Gasteiger partial charge in [0.25, 0.3) is 0 Å². The van der Waals surface area contributed by atoms with Crippen LogP contribution < -0.4 is 9.47 Å². The molecule has 0 aliphatic rings. The van der Waals surface area contributed by atoms with Crippen LogP contribution in [0.5, 0.6) is 28.7 Å². The summed E-state index contributed by atoms with van der Waals surface area (Å²) in [7, 11) is 0. The number of hydrogen-bond donors (Lipinski definition) is 1. The van der Waals surface area contributed by atoms with E-state index < -0.39 is 0 Å². The Hall–Kier alpha value is -2.94. The molecule has 3 nitrogen and oxygen atoms in total. The van der Waals surface area contributed by atoms with E-state index in [9.17, 15) is 5.11 Å². The van der Waals surface area contributed by atoms with E-state index in [0.29, 0.717) is 11.5 Å². The molecule has 0 aromatic heterocycles. The highest BCUT2D eigenvalue weighted by atomic mass is 16.5. The lowest BCUT2D eigenvalue weighted by molar-refractivity contribution is 0.377. The summed E-state index contributed by atoms with van der Waals surface area (Å²) < 4.78 is 12.8. The Balaban J connectivity index is 2.01. The van der Waals surface area contributed by atoms with Crippen LogP contribution in [0.4, 0.5) is 0 Å². The van der Waals surface area contributed by atoms with Gasteiger partial charge in [-0.15, -0.1) is 0 Å². The predicted octanol–water partition coefficient (Wildman–Crippen LogP) is 8.79. The zero-order valence-electron chi connectivity index (χ0n) is 20.6. The average Bonchev–Trinajstić information content (AvgIpc) is 2.80. The summed E-state index contributed by atoms with van der Waals surface area (Å²) in [6, 6.07) is 17.8. The number of phenols is 1. The Labute approximate surface area is 199 Å². The Kier molecular flexibility index (Phi) is 9.24. The molecule has 33 heavy (non-hydrogen) atoms. The fraction of sp³-hybridized carbons (Fsp3) is 0.400. The van der Waals surface area contributed by atoms with Gasteiger partial charge in [0.1, 0.15) is 11.5 Å². The third-order valence-corrected chi connectivity index (χ3v) is 5.89. The van der Waals surface area contributed by atoms with Gasteiger partial charge in [0.2, 0.25) is 5.75 Å². The van der Waals surface area contributed by atoms with Gasteiger partial charge in [0.15, 0.2) is 11.5 Å². The molecule has 0 aliphatic carbocycles. The lowest BCUT2D eigenvalue weighted by Crippen LogP contribution is -2.01. The molecule has 176 valence electrons. The Morgan fingerprint density at radius 1 is 0.545 bits per heavy atom. The number of rotatable bonds is 12. The molecule has 0 radical (unpaired) electrons. The van der Waals surface area contributed by atoms with Crippen LogP contribution in [0.25, 0.3) is 0 Å². The highest BCUT2D eigenvalue weighted by Crippen LogP contribution is 2.44. The number of aryl methyl sites for hydroxylation is 2. The van der Waals surface area contributed by atoms with Crippen molar-refractivity contribution in [1.29, 1.82) is 0 Å². The monoisotopic (exact) mass is 446 g/mol. The maximum atomic E-state index is 10.7. The standard InChI is InChI=1S/C30H38O3/c1-5-12-22-16-9-19-27(24(22)14-7-3)32-29-21-11-18-26(31)30(29)33-28-20-10-17-23(13-6-2)25(28)15-8-4/h9-11,16-21,31H,5-8,12-15H2,1-4H3. The number of benzene rings is 3. The normalized spacial score (nSPS) is 10.9. The second kappa shape index (κ2) is 12.3. The van der Waals surface area contributed by atoms with Crippen molar-refractivity contribution in [3.05, 3.63) is 76.9 Å². The number of ether oxygens (including phenoxy) is 2. The third kappa shape index (κ3) is 6.10. The molecule has 0 heterocycles. The van der Waals surface area contributed by atoms with Crippen LogP contribution >= 0.6 is 0 Å². The van der Waals surface area contributed by atoms with Crippen LogP contribution in [0.2, 0.25) is 0 Å². The van der Waals surface area contributed by atoms with E-state index >= 15 is 0 Å². The van der Waals surface area contributed by atoms with E-state index in [0.717, 1.165) is 62.9 Å². The first-order chi connectivity index (χ1) is 16.1. The summed E-state index contributed by atoms with van der Waals surface area (Å²) in [5, 5.41) is 10.7. The average molecular weight is 447 g/mol. The Morgan fingerprint density at radius 3 is 1.52 bits per heavy atom. The van der Waals surface area contributed by atoms with Crippen molar-refractivity contribution >= 4 is 0 Å². The number of para-hydroxylation sites is 1. The fourth-order valence-electron chi connectivity index (χ4n) is 4.40. The topological polar surface area (TPSA) is 38.7 Å². The molecule has 0 atom stereocenters. The summed E-state index contributed by atoms with van der Waals surface area (Å²) >= 11 is 0. The van der Waals surface area contributed by atoms with E-state index in [1.165, 1.54) is 22.3 Å². The minimum atomic E-state index is 0.0811. The van der Waals surface area contributed by atoms with E-state index in [4.69, 9.17) is 9.47 Å². The first-order valence-electron chi connectivity index (χ1n) is 12.5. The highest BCUT2D eigenvalue weighted by Gasteiger charge is 2.18. The quantitative estimate of drug-likeness (QED) is 0.302. The zero-order chi connectivity index (χ0) is 23.6. The van der Waals surface area contributed by atoms with Crippen LogP contribution in [0.15, 0.2) is 54.6 Å². The largest absolute Gasteiger partial charge is 0.504 e. The second-order valence-electron chi connectivity index (χ2n) is 8.60. The molecule has 3 heteroatoms. The van der Waals surface area contributed by atoms with Crippen molar-refractivity contribution in [2.45, 2.75) is 79.1 Å². The van der Waals surface area contributed by atoms with Crippen molar-refractivity contribution in [2.75, 3.05) is 0 Å². The molecule has 0 saturated heterocycles. The van der Waals surface area contributed by atoms with Crippen LogP contribution in [0, 0.1) is 0 Å². The van der Waals surface area contributed by atoms with Gasteiger partial charge in [-0.2, -0.15) is 0 Å². The molecule has 1 N–H and O–H groups in total. The van der Waals surface area contributed by atoms with Crippen LogP contribution in [0.3, 0.4) is 0 Å². The summed E-state index contributed by atoms with van der Waals surface area (Å²) in [6.45, 7) is 8.76. The molecular formula is C30H38O3. The minimum Gasteiger partial charge on any atom is -0.504 e. The molecule has 3 aromatic rings. The highest BCUT2D eigenvalue weighted by molar-refractivity contribution is 5.56. The molecule has 3 rings (SSSR count). The van der Waals surface area contributed by atoms with Crippen molar-refractivity contribution in [3.63, 3.8) is 0 Å². The van der Waals surface area contributed by atoms with E-state index in [2.05, 4.69) is 45.9 Å². The third-order valence-electron chi connectivity index (χ3n) is 5.89. The number of hydrogen-bond acceptors (Lipinski definition) is 3. The molecule has 0 unspecified atom stereocenters. The van der Waals surface area contributed by atoms with Crippen LogP contribution in [0.1, 0.15) is 75.6 Å². The molecule has 0 amide bonds. The summed E-state index contributed by atoms with van der Waals surface area (Å²) in [6.07, 6.45) is 8.20. The molecule has 0 bridgehead atoms. The van der Waals surface area contributed by atoms with Gasteiger partial charge in [0, 0.05) is 0 Å². The SMILES string of the molecule is CCCc1cccc(Oc2cccc(O)c2Oc2cccc(CCC)c2CCC)c1CCC. The van der Waals surface area contributed by atoms with Gasteiger partial charge < -0.3 is 14.6 Å². The van der Waals surface area contributed by atoms with Gasteiger partial charge in [-0.1, -0.05) is 83.7 Å². The molecule has 3 aromatic carbocycles. The first kappa shape index (κ1) is 24.7. The van der Waals surface area contributed by atoms with Gasteiger partial charge >= 0.3 is 0 Å². The maximum absolute atomic E-state index is 10.7. The van der Waals surface area contributed by atoms with Crippen molar-refractivity contribution in [1.82, 2.24) is 0 Å². The van der Waals surface area contributed by atoms with Gasteiger partial charge in [-0.25, -0.2) is 0 Å². The Bertz CT molecular complexity index is 1040. The van der Waals surface area contributed by atoms with Gasteiger partial charge in [-0.05, 0) is 72.2 Å². The summed E-state index contributed by atoms with van der Waals surface area (Å²) in [5.74, 6) is 2.61. The molecule has 0 aliphatic heterocycles. The number of aromatic hydroxyl groups is 1. The molecule has 0 saturated carbocycles. The minimum absolute atomic E-state index is 0.0811. The summed E-state index contributed by atoms with van der Waals surface area (Å²) in [4.78, 5) is 0. The number of phenolic OH excluding ortho intramolecular Hbond substituents is 1. The van der Waals surface area contributed by atoms with Crippen molar-refractivity contribution in [2.24, 2.45) is 0 Å². The van der Waals surface area contributed by atoms with Gasteiger partial charge in [0.05, 0.1) is 0 Å². The summed E-state index contributed by atoms with van der Waals surface area (Å²) in [5.41, 5.74) is 5.10. The van der Waals surface area contributed by atoms with Crippen LogP contribution in [-0.4, -0.2) is 5.11 Å². The van der Waals surface area contributed by atoms with Crippen molar-refractivity contribution < 1.29 is 14.6 Å². The van der Waals surface area contributed by atoms with Crippen LogP contribution in [-0.2, 0) is 25.7 Å². The Morgan fingerprint density at radius 2 is 1.00 bits per heavy atom. The fourth-order valence-corrected chi connectivity index (χ4v) is 4.40. The molecule has 0 spiro atoms. The van der Waals surface area contributed by atoms with Gasteiger partial charge in [-0.3, -0.25) is 0 Å². The lowest BCUT2D eigenvalue weighted by Gasteiger charge is -2.19. The van der Waals surface area contributed by atoms with E-state index in [1.54, 1.807) is 12.1 Å². The smallest absolute Gasteiger partial charge is 0.211 e. The molecule has 0 fully saturated rings. The predicted molar refractivity (Wildman–Crippen MR) is 137 cm³/mol. The lowest BCUT2D eigenvalue weighted by atomic mass is 9.98. The van der Waals surface area contributed by atoms with Crippen molar-refractivity contribution in [3.8, 4) is 28.7 Å². The second-order valence-corrected chi connectivity index (χ2v) is 8.60. The van der Waals surface area contributed by atoms with E-state index in [1.807, 2.05) is 24.3 Å². The first-order valence-corrected chi connectivity index (χ1v) is 12.5. The molecular weight excluding hydrogens is 408 g/mol. The zero-order valence-corrected chi connectivity index (χ0v) is 20.6.